The Hall–Kier alpha value is -1.85. The number of fused-ring (bicyclic) bond motifs is 1. The number of benzene rings is 1. The van der Waals surface area contributed by atoms with Crippen LogP contribution in [0.4, 0.5) is 11.6 Å². The van der Waals surface area contributed by atoms with Crippen LogP contribution in [-0.4, -0.2) is 17.1 Å². The third-order valence-corrected chi connectivity index (χ3v) is 3.30. The molecule has 2 heterocycles. The maximum absolute atomic E-state index is 6.14. The highest BCUT2D eigenvalue weighted by molar-refractivity contribution is 6.30. The Labute approximate surface area is 116 Å². The molecule has 0 saturated heterocycles. The lowest BCUT2D eigenvalue weighted by Gasteiger charge is -2.08. The first kappa shape index (κ1) is 12.2. The minimum absolute atomic E-state index is 0.506. The summed E-state index contributed by atoms with van der Waals surface area (Å²) >= 11 is 6.14. The zero-order valence-electron chi connectivity index (χ0n) is 10.4. The van der Waals surface area contributed by atoms with Gasteiger partial charge in [0.15, 0.2) is 0 Å². The summed E-state index contributed by atoms with van der Waals surface area (Å²) in [6.07, 6.45) is 0. The second-order valence-electron chi connectivity index (χ2n) is 4.22. The minimum Gasteiger partial charge on any atom is -0.497 e. The number of anilines is 2. The predicted molar refractivity (Wildman–Crippen MR) is 73.9 cm³/mol. The highest BCUT2D eigenvalue weighted by Crippen LogP contribution is 2.24. The van der Waals surface area contributed by atoms with Crippen molar-refractivity contribution < 1.29 is 4.74 Å². The van der Waals surface area contributed by atoms with Crippen molar-refractivity contribution in [2.75, 3.05) is 12.4 Å². The van der Waals surface area contributed by atoms with Crippen LogP contribution in [0.1, 0.15) is 11.3 Å². The van der Waals surface area contributed by atoms with E-state index in [0.717, 1.165) is 35.8 Å². The van der Waals surface area contributed by atoms with E-state index in [2.05, 4.69) is 20.6 Å². The van der Waals surface area contributed by atoms with E-state index >= 15 is 0 Å². The van der Waals surface area contributed by atoms with Crippen molar-refractivity contribution in [2.24, 2.45) is 0 Å². The number of ether oxygens (including phenoxy) is 1. The number of aromatic nitrogens is 2. The van der Waals surface area contributed by atoms with Gasteiger partial charge in [0.1, 0.15) is 10.9 Å². The van der Waals surface area contributed by atoms with Gasteiger partial charge in [0.25, 0.3) is 0 Å². The molecule has 2 aromatic rings. The molecule has 0 unspecified atom stereocenters. The first-order chi connectivity index (χ1) is 9.26. The van der Waals surface area contributed by atoms with E-state index < -0.39 is 0 Å². The molecule has 0 spiro atoms. The number of nitrogens with one attached hydrogen (secondary N) is 2. The third-order valence-electron chi connectivity index (χ3n) is 2.98. The Balaban J connectivity index is 1.84. The van der Waals surface area contributed by atoms with Gasteiger partial charge < -0.3 is 15.4 Å². The fourth-order valence-corrected chi connectivity index (χ4v) is 2.24. The largest absolute Gasteiger partial charge is 0.497 e. The lowest BCUT2D eigenvalue weighted by atomic mass is 10.3. The number of hydrogen-bond acceptors (Lipinski definition) is 5. The topological polar surface area (TPSA) is 59.1 Å². The summed E-state index contributed by atoms with van der Waals surface area (Å²) in [5, 5.41) is 6.84. The van der Waals surface area contributed by atoms with Crippen molar-refractivity contribution >= 4 is 23.2 Å². The molecule has 19 heavy (non-hydrogen) atoms. The summed E-state index contributed by atoms with van der Waals surface area (Å²) in [6.45, 7) is 1.46. The average molecular weight is 277 g/mol. The molecule has 0 fully saturated rings. The quantitative estimate of drug-likeness (QED) is 0.844. The lowest BCUT2D eigenvalue weighted by Crippen LogP contribution is -2.02. The first-order valence-electron chi connectivity index (χ1n) is 5.93. The van der Waals surface area contributed by atoms with Crippen LogP contribution < -0.4 is 15.4 Å². The molecular formula is C13H13ClN4O. The highest BCUT2D eigenvalue weighted by Gasteiger charge is 2.17. The van der Waals surface area contributed by atoms with Gasteiger partial charge in [-0.1, -0.05) is 11.6 Å². The molecule has 1 aromatic heterocycles. The van der Waals surface area contributed by atoms with E-state index in [1.165, 1.54) is 0 Å². The van der Waals surface area contributed by atoms with Crippen molar-refractivity contribution in [3.8, 4) is 5.75 Å². The standard InChI is InChI=1S/C13H13ClN4O/c1-19-9-4-2-8(3-5-9)16-13-17-11-7-15-6-10(11)12(14)18-13/h2-5,15H,6-7H2,1H3,(H,16,17,18). The molecule has 98 valence electrons. The lowest BCUT2D eigenvalue weighted by molar-refractivity contribution is 0.415. The number of nitrogens with zero attached hydrogens (tertiary/aromatic N) is 2. The van der Waals surface area contributed by atoms with Gasteiger partial charge in [-0.25, -0.2) is 9.97 Å². The molecule has 1 aliphatic heterocycles. The zero-order valence-corrected chi connectivity index (χ0v) is 11.2. The summed E-state index contributed by atoms with van der Waals surface area (Å²) in [5.41, 5.74) is 2.83. The fraction of sp³-hybridized carbons (Fsp3) is 0.231. The predicted octanol–water partition coefficient (Wildman–Crippen LogP) is 2.49. The molecule has 0 amide bonds. The third kappa shape index (κ3) is 2.47. The molecule has 5 nitrogen and oxygen atoms in total. The maximum atomic E-state index is 6.14. The molecule has 0 radical (unpaired) electrons. The second kappa shape index (κ2) is 5.03. The average Bonchev–Trinajstić information content (AvgIpc) is 2.88. The van der Waals surface area contributed by atoms with E-state index in [1.54, 1.807) is 7.11 Å². The van der Waals surface area contributed by atoms with Gasteiger partial charge in [-0.05, 0) is 24.3 Å². The van der Waals surface area contributed by atoms with Crippen LogP contribution in [-0.2, 0) is 13.1 Å². The van der Waals surface area contributed by atoms with Crippen LogP contribution in [0.15, 0.2) is 24.3 Å². The second-order valence-corrected chi connectivity index (χ2v) is 4.58. The summed E-state index contributed by atoms with van der Waals surface area (Å²) < 4.78 is 5.11. The van der Waals surface area contributed by atoms with Crippen molar-refractivity contribution in [2.45, 2.75) is 13.1 Å². The van der Waals surface area contributed by atoms with Gasteiger partial charge in [0, 0.05) is 24.3 Å². The molecule has 0 bridgehead atoms. The Kier molecular flexibility index (Phi) is 3.23. The summed E-state index contributed by atoms with van der Waals surface area (Å²) in [6, 6.07) is 7.56. The Morgan fingerprint density at radius 2 is 2.00 bits per heavy atom. The normalized spacial score (nSPS) is 13.2. The van der Waals surface area contributed by atoms with Crippen LogP contribution in [0.2, 0.25) is 5.15 Å². The van der Waals surface area contributed by atoms with Gasteiger partial charge >= 0.3 is 0 Å². The van der Waals surface area contributed by atoms with Crippen LogP contribution in [0.5, 0.6) is 5.75 Å². The van der Waals surface area contributed by atoms with Gasteiger partial charge in [0.2, 0.25) is 5.95 Å². The summed E-state index contributed by atoms with van der Waals surface area (Å²) in [4.78, 5) is 8.71. The van der Waals surface area contributed by atoms with Crippen LogP contribution >= 0.6 is 11.6 Å². The summed E-state index contributed by atoms with van der Waals surface area (Å²) in [5.74, 6) is 1.32. The molecule has 1 aromatic carbocycles. The monoisotopic (exact) mass is 276 g/mol. The number of halogens is 1. The smallest absolute Gasteiger partial charge is 0.228 e. The first-order valence-corrected chi connectivity index (χ1v) is 6.31. The van der Waals surface area contributed by atoms with E-state index in [0.29, 0.717) is 11.1 Å². The molecule has 6 heteroatoms. The van der Waals surface area contributed by atoms with Crippen molar-refractivity contribution in [1.29, 1.82) is 0 Å². The van der Waals surface area contributed by atoms with Gasteiger partial charge in [-0.3, -0.25) is 0 Å². The SMILES string of the molecule is COc1ccc(Nc2nc(Cl)c3c(n2)CNC3)cc1. The molecule has 0 atom stereocenters. The van der Waals surface area contributed by atoms with E-state index in [4.69, 9.17) is 16.3 Å². The van der Waals surface area contributed by atoms with Crippen LogP contribution in [0, 0.1) is 0 Å². The van der Waals surface area contributed by atoms with Crippen molar-refractivity contribution in [3.05, 3.63) is 40.7 Å². The van der Waals surface area contributed by atoms with E-state index in [1.807, 2.05) is 24.3 Å². The number of rotatable bonds is 3. The Bertz CT molecular complexity index is 600. The van der Waals surface area contributed by atoms with E-state index in [-0.39, 0.29) is 0 Å². The van der Waals surface area contributed by atoms with Crippen LogP contribution in [0.3, 0.4) is 0 Å². The molecule has 1 aliphatic rings. The number of hydrogen-bond donors (Lipinski definition) is 2. The Morgan fingerprint density at radius 3 is 2.74 bits per heavy atom. The fourth-order valence-electron chi connectivity index (χ4n) is 1.99. The number of methoxy groups -OCH3 is 1. The van der Waals surface area contributed by atoms with Gasteiger partial charge in [-0.2, -0.15) is 0 Å². The summed E-state index contributed by atoms with van der Waals surface area (Å²) in [7, 11) is 1.64. The minimum atomic E-state index is 0.506. The molecule has 3 rings (SSSR count). The molecule has 0 saturated carbocycles. The molecule has 0 aliphatic carbocycles. The maximum Gasteiger partial charge on any atom is 0.228 e. The van der Waals surface area contributed by atoms with Gasteiger partial charge in [-0.15, -0.1) is 0 Å². The van der Waals surface area contributed by atoms with Gasteiger partial charge in [0.05, 0.1) is 12.8 Å². The van der Waals surface area contributed by atoms with Crippen molar-refractivity contribution in [1.82, 2.24) is 15.3 Å². The highest BCUT2D eigenvalue weighted by atomic mass is 35.5. The van der Waals surface area contributed by atoms with E-state index in [9.17, 15) is 0 Å². The van der Waals surface area contributed by atoms with Crippen molar-refractivity contribution in [3.63, 3.8) is 0 Å². The molecule has 2 N–H and O–H groups in total. The Morgan fingerprint density at radius 1 is 1.21 bits per heavy atom. The molecular weight excluding hydrogens is 264 g/mol. The van der Waals surface area contributed by atoms with Crippen LogP contribution in [0.25, 0.3) is 0 Å². The zero-order chi connectivity index (χ0) is 13.2.